The van der Waals surface area contributed by atoms with Crippen LogP contribution in [0.5, 0.6) is 5.75 Å². The van der Waals surface area contributed by atoms with E-state index in [9.17, 15) is 9.59 Å². The molecule has 2 unspecified atom stereocenters. The van der Waals surface area contributed by atoms with Crippen LogP contribution < -0.4 is 21.3 Å². The molecule has 3 heterocycles. The minimum absolute atomic E-state index is 0.115. The molecule has 2 bridgehead atoms. The summed E-state index contributed by atoms with van der Waals surface area (Å²) in [5.41, 5.74) is 7.63. The number of anilines is 2. The molecule has 3 N–H and O–H groups in total. The van der Waals surface area contributed by atoms with Gasteiger partial charge in [-0.25, -0.2) is 4.79 Å². The second-order valence-corrected chi connectivity index (χ2v) is 6.99. The molecule has 136 valence electrons. The van der Waals surface area contributed by atoms with E-state index in [0.29, 0.717) is 19.6 Å². The first-order valence-electron chi connectivity index (χ1n) is 8.74. The molecule has 1 saturated heterocycles. The number of pyridine rings is 1. The normalized spacial score (nSPS) is 21.0. The highest BCUT2D eigenvalue weighted by Gasteiger charge is 2.36. The van der Waals surface area contributed by atoms with Gasteiger partial charge in [-0.15, -0.1) is 0 Å². The van der Waals surface area contributed by atoms with Crippen molar-refractivity contribution in [3.05, 3.63) is 52.4 Å². The Morgan fingerprint density at radius 3 is 2.65 bits per heavy atom. The van der Waals surface area contributed by atoms with Gasteiger partial charge in [0.15, 0.2) is 0 Å². The zero-order valence-electron chi connectivity index (χ0n) is 14.6. The molecule has 4 rings (SSSR count). The van der Waals surface area contributed by atoms with Gasteiger partial charge >= 0.3 is 6.03 Å². The van der Waals surface area contributed by atoms with Crippen LogP contribution in [0.2, 0.25) is 0 Å². The van der Waals surface area contributed by atoms with Crippen LogP contribution in [0, 0.1) is 5.92 Å². The van der Waals surface area contributed by atoms with Crippen molar-refractivity contribution in [1.29, 1.82) is 0 Å². The number of fused-ring (bicyclic) bond motifs is 4. The number of nitrogen functional groups attached to an aromatic ring is 1. The van der Waals surface area contributed by atoms with E-state index in [1.54, 1.807) is 17.7 Å². The van der Waals surface area contributed by atoms with Gasteiger partial charge in [0.25, 0.3) is 5.56 Å². The number of amides is 2. The topological polar surface area (TPSA) is 89.6 Å². The number of ether oxygens (including phenoxy) is 1. The molecule has 2 atom stereocenters. The first-order chi connectivity index (χ1) is 12.5. The summed E-state index contributed by atoms with van der Waals surface area (Å²) in [6.07, 6.45) is 0.996. The highest BCUT2D eigenvalue weighted by atomic mass is 16.5. The summed E-state index contributed by atoms with van der Waals surface area (Å²) in [5, 5.41) is 2.94. The van der Waals surface area contributed by atoms with Gasteiger partial charge < -0.3 is 25.3 Å². The number of nitrogens with one attached hydrogen (secondary N) is 1. The molecule has 2 aromatic rings. The Kier molecular flexibility index (Phi) is 4.06. The van der Waals surface area contributed by atoms with Crippen LogP contribution in [0.25, 0.3) is 0 Å². The molecule has 2 aliphatic heterocycles. The molecule has 2 aliphatic rings. The van der Waals surface area contributed by atoms with Gasteiger partial charge in [-0.05, 0) is 48.7 Å². The lowest BCUT2D eigenvalue weighted by Gasteiger charge is -2.42. The lowest BCUT2D eigenvalue weighted by atomic mass is 9.83. The fourth-order valence-corrected chi connectivity index (χ4v) is 4.01. The summed E-state index contributed by atoms with van der Waals surface area (Å²) in [4.78, 5) is 26.8. The summed E-state index contributed by atoms with van der Waals surface area (Å²) < 4.78 is 6.92. The molecule has 0 aliphatic carbocycles. The lowest BCUT2D eigenvalue weighted by Crippen LogP contribution is -2.50. The van der Waals surface area contributed by atoms with Gasteiger partial charge in [0.05, 0.1) is 12.8 Å². The van der Waals surface area contributed by atoms with Crippen LogP contribution in [0.3, 0.4) is 0 Å². The van der Waals surface area contributed by atoms with E-state index in [1.807, 2.05) is 35.2 Å². The number of aromatic nitrogens is 1. The number of hydrogen-bond acceptors (Lipinski definition) is 4. The summed E-state index contributed by atoms with van der Waals surface area (Å²) in [7, 11) is 1.61. The Hall–Kier alpha value is -2.96. The SMILES string of the molecule is COc1ccc(NC(=O)N2CC3CC(C2)c2ccc(N)c(=O)n2C3)cc1. The number of hydrogen-bond donors (Lipinski definition) is 2. The van der Waals surface area contributed by atoms with Crippen LogP contribution in [-0.2, 0) is 6.54 Å². The number of carbonyl (C=O) groups is 1. The minimum atomic E-state index is -0.117. The molecular weight excluding hydrogens is 332 g/mol. The van der Waals surface area contributed by atoms with Crippen LogP contribution in [0.15, 0.2) is 41.2 Å². The van der Waals surface area contributed by atoms with Gasteiger partial charge in [0.1, 0.15) is 5.75 Å². The highest BCUT2D eigenvalue weighted by Crippen LogP contribution is 2.35. The molecule has 2 amide bonds. The maximum Gasteiger partial charge on any atom is 0.321 e. The number of piperidine rings is 1. The molecule has 26 heavy (non-hydrogen) atoms. The van der Waals surface area contributed by atoms with Crippen molar-refractivity contribution >= 4 is 17.4 Å². The number of urea groups is 1. The number of rotatable bonds is 2. The van der Waals surface area contributed by atoms with E-state index < -0.39 is 0 Å². The molecule has 1 aromatic heterocycles. The quantitative estimate of drug-likeness (QED) is 0.864. The Bertz CT molecular complexity index is 891. The molecule has 7 heteroatoms. The van der Waals surface area contributed by atoms with Crippen molar-refractivity contribution in [2.45, 2.75) is 18.9 Å². The van der Waals surface area contributed by atoms with E-state index in [1.165, 1.54) is 0 Å². The summed E-state index contributed by atoms with van der Waals surface area (Å²) in [6, 6.07) is 10.7. The summed E-state index contributed by atoms with van der Waals surface area (Å²) in [5.74, 6) is 1.18. The second kappa shape index (κ2) is 6.40. The van der Waals surface area contributed by atoms with Crippen molar-refractivity contribution < 1.29 is 9.53 Å². The molecule has 0 radical (unpaired) electrons. The maximum atomic E-state index is 12.7. The lowest BCUT2D eigenvalue weighted by molar-refractivity contribution is 0.139. The van der Waals surface area contributed by atoms with Gasteiger partial charge in [-0.1, -0.05) is 0 Å². The maximum absolute atomic E-state index is 12.7. The van der Waals surface area contributed by atoms with Crippen molar-refractivity contribution in [3.8, 4) is 5.75 Å². The van der Waals surface area contributed by atoms with E-state index in [2.05, 4.69) is 5.32 Å². The van der Waals surface area contributed by atoms with E-state index in [-0.39, 0.29) is 29.1 Å². The molecule has 7 nitrogen and oxygen atoms in total. The van der Waals surface area contributed by atoms with Crippen LogP contribution in [0.1, 0.15) is 18.0 Å². The number of nitrogens with zero attached hydrogens (tertiary/aromatic N) is 2. The average Bonchev–Trinajstić information content (AvgIpc) is 2.65. The van der Waals surface area contributed by atoms with E-state index in [4.69, 9.17) is 10.5 Å². The number of carbonyl (C=O) groups excluding carboxylic acids is 1. The van der Waals surface area contributed by atoms with Gasteiger partial charge in [0.2, 0.25) is 0 Å². The van der Waals surface area contributed by atoms with Crippen molar-refractivity contribution in [3.63, 3.8) is 0 Å². The van der Waals surface area contributed by atoms with Crippen LogP contribution in [0.4, 0.5) is 16.2 Å². The number of benzene rings is 1. The Morgan fingerprint density at radius 1 is 1.15 bits per heavy atom. The fraction of sp³-hybridized carbons (Fsp3) is 0.368. The molecule has 0 spiro atoms. The third-order valence-corrected chi connectivity index (χ3v) is 5.26. The summed E-state index contributed by atoms with van der Waals surface area (Å²) >= 11 is 0. The van der Waals surface area contributed by atoms with Crippen molar-refractivity contribution in [1.82, 2.24) is 9.47 Å². The van der Waals surface area contributed by atoms with Crippen molar-refractivity contribution in [2.24, 2.45) is 5.92 Å². The standard InChI is InChI=1S/C19H22N4O3/c1-26-15-4-2-14(3-5-15)21-19(25)22-9-12-8-13(11-22)17-7-6-16(20)18(24)23(17)10-12/h2-7,12-13H,8-11,20H2,1H3,(H,21,25). The first-order valence-corrected chi connectivity index (χ1v) is 8.74. The Morgan fingerprint density at radius 2 is 1.92 bits per heavy atom. The Balaban J connectivity index is 1.51. The smallest absolute Gasteiger partial charge is 0.321 e. The first kappa shape index (κ1) is 16.5. The second-order valence-electron chi connectivity index (χ2n) is 6.99. The number of likely N-dealkylation sites (tertiary alicyclic amines) is 1. The Labute approximate surface area is 151 Å². The monoisotopic (exact) mass is 354 g/mol. The largest absolute Gasteiger partial charge is 0.497 e. The third-order valence-electron chi connectivity index (χ3n) is 5.26. The van der Waals surface area contributed by atoms with Crippen LogP contribution in [-0.4, -0.2) is 35.7 Å². The molecule has 0 saturated carbocycles. The summed E-state index contributed by atoms with van der Waals surface area (Å²) in [6.45, 7) is 1.85. The third kappa shape index (κ3) is 2.89. The fourth-order valence-electron chi connectivity index (χ4n) is 4.01. The van der Waals surface area contributed by atoms with Gasteiger partial charge in [-0.2, -0.15) is 0 Å². The van der Waals surface area contributed by atoms with E-state index in [0.717, 1.165) is 23.6 Å². The molecule has 1 fully saturated rings. The highest BCUT2D eigenvalue weighted by molar-refractivity contribution is 5.89. The van der Waals surface area contributed by atoms with E-state index >= 15 is 0 Å². The van der Waals surface area contributed by atoms with Gasteiger partial charge in [0, 0.05) is 36.9 Å². The predicted molar refractivity (Wildman–Crippen MR) is 99.5 cm³/mol. The van der Waals surface area contributed by atoms with Crippen molar-refractivity contribution in [2.75, 3.05) is 31.2 Å². The minimum Gasteiger partial charge on any atom is -0.497 e. The molecule has 1 aromatic carbocycles. The zero-order valence-corrected chi connectivity index (χ0v) is 14.6. The molecular formula is C19H22N4O3. The van der Waals surface area contributed by atoms with Gasteiger partial charge in [-0.3, -0.25) is 4.79 Å². The van der Waals surface area contributed by atoms with Crippen LogP contribution >= 0.6 is 0 Å². The number of nitrogens with two attached hydrogens (primary N) is 1. The average molecular weight is 354 g/mol. The predicted octanol–water partition coefficient (Wildman–Crippen LogP) is 2.09. The zero-order chi connectivity index (χ0) is 18.3. The number of methoxy groups -OCH3 is 1.